The molecule has 0 saturated carbocycles. The molecule has 0 saturated heterocycles. The minimum absolute atomic E-state index is 0.0148. The molecule has 1 unspecified atom stereocenters. The Hall–Kier alpha value is -1.94. The van der Waals surface area contributed by atoms with Crippen molar-refractivity contribution in [2.45, 2.75) is 25.8 Å². The third kappa shape index (κ3) is 3.33. The van der Waals surface area contributed by atoms with Gasteiger partial charge in [-0.3, -0.25) is 4.79 Å². The summed E-state index contributed by atoms with van der Waals surface area (Å²) in [5.74, 6) is -0.0788. The molecule has 0 fully saturated rings. The molecule has 104 valence electrons. The van der Waals surface area contributed by atoms with Gasteiger partial charge in [0.2, 0.25) is 0 Å². The van der Waals surface area contributed by atoms with Gasteiger partial charge >= 0.3 is 0 Å². The SMILES string of the molecule is CCC(CC(N)=S)NC(=O)c1cccc2ccccc12. The number of nitrogens with one attached hydrogen (secondary N) is 1. The van der Waals surface area contributed by atoms with Crippen molar-refractivity contribution in [3.63, 3.8) is 0 Å². The molecule has 4 heteroatoms. The van der Waals surface area contributed by atoms with E-state index in [1.165, 1.54) is 0 Å². The Bertz CT molecular complexity index is 634. The van der Waals surface area contributed by atoms with E-state index in [0.29, 0.717) is 17.0 Å². The maximum atomic E-state index is 12.4. The molecule has 0 aliphatic carbocycles. The van der Waals surface area contributed by atoms with Crippen molar-refractivity contribution < 1.29 is 4.79 Å². The Morgan fingerprint density at radius 3 is 2.65 bits per heavy atom. The molecule has 0 aliphatic heterocycles. The van der Waals surface area contributed by atoms with Crippen molar-refractivity contribution in [1.29, 1.82) is 0 Å². The Balaban J connectivity index is 2.25. The highest BCUT2D eigenvalue weighted by molar-refractivity contribution is 7.80. The average molecular weight is 286 g/mol. The van der Waals surface area contributed by atoms with E-state index in [-0.39, 0.29) is 11.9 Å². The minimum Gasteiger partial charge on any atom is -0.393 e. The van der Waals surface area contributed by atoms with Crippen molar-refractivity contribution in [2.24, 2.45) is 5.73 Å². The molecule has 0 aromatic heterocycles. The summed E-state index contributed by atoms with van der Waals surface area (Å²) in [6, 6.07) is 13.6. The highest BCUT2D eigenvalue weighted by Crippen LogP contribution is 2.18. The third-order valence-electron chi connectivity index (χ3n) is 3.31. The predicted octanol–water partition coefficient (Wildman–Crippen LogP) is 3.02. The van der Waals surface area contributed by atoms with Gasteiger partial charge in [-0.05, 0) is 23.3 Å². The fourth-order valence-corrected chi connectivity index (χ4v) is 2.43. The molecule has 1 amide bonds. The lowest BCUT2D eigenvalue weighted by Gasteiger charge is -2.17. The number of nitrogens with two attached hydrogens (primary N) is 1. The van der Waals surface area contributed by atoms with Gasteiger partial charge in [0.25, 0.3) is 5.91 Å². The van der Waals surface area contributed by atoms with Gasteiger partial charge in [-0.2, -0.15) is 0 Å². The summed E-state index contributed by atoms with van der Waals surface area (Å²) in [4.78, 5) is 12.8. The molecule has 20 heavy (non-hydrogen) atoms. The normalized spacial score (nSPS) is 12.1. The van der Waals surface area contributed by atoms with E-state index >= 15 is 0 Å². The van der Waals surface area contributed by atoms with Crippen LogP contribution < -0.4 is 11.1 Å². The van der Waals surface area contributed by atoms with Crippen molar-refractivity contribution in [1.82, 2.24) is 5.32 Å². The van der Waals surface area contributed by atoms with Crippen LogP contribution in [-0.2, 0) is 0 Å². The van der Waals surface area contributed by atoms with E-state index in [2.05, 4.69) is 5.32 Å². The molecular formula is C16H18N2OS. The van der Waals surface area contributed by atoms with E-state index < -0.39 is 0 Å². The molecular weight excluding hydrogens is 268 g/mol. The van der Waals surface area contributed by atoms with Crippen LogP contribution in [0.4, 0.5) is 0 Å². The van der Waals surface area contributed by atoms with Gasteiger partial charge in [0.1, 0.15) is 0 Å². The van der Waals surface area contributed by atoms with E-state index in [4.69, 9.17) is 18.0 Å². The van der Waals surface area contributed by atoms with Gasteiger partial charge in [0, 0.05) is 18.0 Å². The number of carbonyl (C=O) groups excluding carboxylic acids is 1. The maximum absolute atomic E-state index is 12.4. The van der Waals surface area contributed by atoms with Crippen LogP contribution in [0.25, 0.3) is 10.8 Å². The molecule has 3 N–H and O–H groups in total. The van der Waals surface area contributed by atoms with Gasteiger partial charge in [0.15, 0.2) is 0 Å². The Morgan fingerprint density at radius 1 is 1.25 bits per heavy atom. The zero-order valence-electron chi connectivity index (χ0n) is 11.4. The van der Waals surface area contributed by atoms with Crippen LogP contribution in [0.1, 0.15) is 30.1 Å². The van der Waals surface area contributed by atoms with Gasteiger partial charge < -0.3 is 11.1 Å². The van der Waals surface area contributed by atoms with Crippen LogP contribution in [0.15, 0.2) is 42.5 Å². The summed E-state index contributed by atoms with van der Waals surface area (Å²) in [7, 11) is 0. The summed E-state index contributed by atoms with van der Waals surface area (Å²) in [6.45, 7) is 2.01. The first kappa shape index (κ1) is 14.5. The highest BCUT2D eigenvalue weighted by atomic mass is 32.1. The molecule has 0 bridgehead atoms. The predicted molar refractivity (Wildman–Crippen MR) is 86.9 cm³/mol. The molecule has 2 rings (SSSR count). The van der Waals surface area contributed by atoms with Crippen LogP contribution >= 0.6 is 12.2 Å². The number of thiocarbonyl (C=S) groups is 1. The lowest BCUT2D eigenvalue weighted by atomic mass is 10.0. The summed E-state index contributed by atoms with van der Waals surface area (Å²) >= 11 is 4.91. The zero-order valence-corrected chi connectivity index (χ0v) is 12.2. The molecule has 0 radical (unpaired) electrons. The lowest BCUT2D eigenvalue weighted by molar-refractivity contribution is 0.0939. The van der Waals surface area contributed by atoms with E-state index in [0.717, 1.165) is 17.2 Å². The first-order valence-electron chi connectivity index (χ1n) is 6.68. The Kier molecular flexibility index (Phi) is 4.69. The zero-order chi connectivity index (χ0) is 14.5. The first-order chi connectivity index (χ1) is 9.61. The number of hydrogen-bond acceptors (Lipinski definition) is 2. The Labute approximate surface area is 124 Å². The standard InChI is InChI=1S/C16H18N2OS/c1-2-12(10-15(17)20)18-16(19)14-9-5-7-11-6-3-4-8-13(11)14/h3-9,12H,2,10H2,1H3,(H2,17,20)(H,18,19). The van der Waals surface area contributed by atoms with Crippen LogP contribution in [0.2, 0.25) is 0 Å². The van der Waals surface area contributed by atoms with Crippen LogP contribution in [0, 0.1) is 0 Å². The third-order valence-corrected chi connectivity index (χ3v) is 3.48. The fraction of sp³-hybridized carbons (Fsp3) is 0.250. The van der Waals surface area contributed by atoms with Gasteiger partial charge in [-0.15, -0.1) is 0 Å². The summed E-state index contributed by atoms with van der Waals surface area (Å²) in [5, 5.41) is 5.01. The van der Waals surface area contributed by atoms with Crippen molar-refractivity contribution >= 4 is 33.9 Å². The summed E-state index contributed by atoms with van der Waals surface area (Å²) in [5.41, 5.74) is 6.24. The molecule has 0 aliphatic rings. The fourth-order valence-electron chi connectivity index (χ4n) is 2.23. The molecule has 0 heterocycles. The van der Waals surface area contributed by atoms with Crippen LogP contribution in [0.5, 0.6) is 0 Å². The monoisotopic (exact) mass is 286 g/mol. The minimum atomic E-state index is -0.0788. The van der Waals surface area contributed by atoms with E-state index in [9.17, 15) is 4.79 Å². The van der Waals surface area contributed by atoms with Crippen LogP contribution in [0.3, 0.4) is 0 Å². The van der Waals surface area contributed by atoms with Crippen molar-refractivity contribution in [3.05, 3.63) is 48.0 Å². The second-order valence-corrected chi connectivity index (χ2v) is 5.30. The van der Waals surface area contributed by atoms with Gasteiger partial charge in [-0.1, -0.05) is 55.5 Å². The first-order valence-corrected chi connectivity index (χ1v) is 7.09. The molecule has 3 nitrogen and oxygen atoms in total. The molecule has 2 aromatic carbocycles. The summed E-state index contributed by atoms with van der Waals surface area (Å²) < 4.78 is 0. The second-order valence-electron chi connectivity index (χ2n) is 4.78. The number of amides is 1. The molecule has 1 atom stereocenters. The Morgan fingerprint density at radius 2 is 1.95 bits per heavy atom. The number of carbonyl (C=O) groups is 1. The number of hydrogen-bond donors (Lipinski definition) is 2. The smallest absolute Gasteiger partial charge is 0.252 e. The van der Waals surface area contributed by atoms with E-state index in [1.807, 2.05) is 49.4 Å². The largest absolute Gasteiger partial charge is 0.393 e. The number of benzene rings is 2. The quantitative estimate of drug-likeness (QED) is 0.831. The number of rotatable bonds is 5. The van der Waals surface area contributed by atoms with E-state index in [1.54, 1.807) is 0 Å². The maximum Gasteiger partial charge on any atom is 0.252 e. The van der Waals surface area contributed by atoms with Crippen molar-refractivity contribution in [3.8, 4) is 0 Å². The van der Waals surface area contributed by atoms with Crippen LogP contribution in [-0.4, -0.2) is 16.9 Å². The number of fused-ring (bicyclic) bond motifs is 1. The topological polar surface area (TPSA) is 55.1 Å². The highest BCUT2D eigenvalue weighted by Gasteiger charge is 2.14. The molecule has 2 aromatic rings. The van der Waals surface area contributed by atoms with Gasteiger partial charge in [0.05, 0.1) is 4.99 Å². The van der Waals surface area contributed by atoms with Gasteiger partial charge in [-0.25, -0.2) is 0 Å². The lowest BCUT2D eigenvalue weighted by Crippen LogP contribution is -2.37. The molecule has 0 spiro atoms. The second kappa shape index (κ2) is 6.48. The summed E-state index contributed by atoms with van der Waals surface area (Å²) in [6.07, 6.45) is 1.33. The average Bonchev–Trinajstić information content (AvgIpc) is 2.45. The van der Waals surface area contributed by atoms with Crippen molar-refractivity contribution in [2.75, 3.05) is 0 Å².